The van der Waals surface area contributed by atoms with Crippen molar-refractivity contribution < 1.29 is 0 Å². The topological polar surface area (TPSA) is 3.24 Å². The second-order valence-electron chi connectivity index (χ2n) is 3.58. The molecule has 0 aliphatic heterocycles. The van der Waals surface area contributed by atoms with E-state index in [1.807, 2.05) is 25.1 Å². The third kappa shape index (κ3) is 2.77. The van der Waals surface area contributed by atoms with Crippen LogP contribution in [0.3, 0.4) is 0 Å². The van der Waals surface area contributed by atoms with Crippen molar-refractivity contribution in [1.29, 1.82) is 0 Å². The molecule has 0 heterocycles. The van der Waals surface area contributed by atoms with E-state index in [2.05, 4.69) is 37.2 Å². The standard InChI is InChI=1S/C13H17N/c1-11(2)12(3)10-14(4)13-8-6-5-7-9-13/h5-9H,1,3,10H2,2,4H3. The molecule has 0 aromatic heterocycles. The zero-order valence-corrected chi connectivity index (χ0v) is 8.96. The Bertz CT molecular complexity index is 324. The fourth-order valence-electron chi connectivity index (χ4n) is 1.20. The Morgan fingerprint density at radius 2 is 1.79 bits per heavy atom. The van der Waals surface area contributed by atoms with Crippen LogP contribution in [0.5, 0.6) is 0 Å². The van der Waals surface area contributed by atoms with Gasteiger partial charge in [-0.3, -0.25) is 0 Å². The number of rotatable bonds is 4. The summed E-state index contributed by atoms with van der Waals surface area (Å²) in [5.41, 5.74) is 3.33. The van der Waals surface area contributed by atoms with Crippen molar-refractivity contribution in [3.05, 3.63) is 54.6 Å². The van der Waals surface area contributed by atoms with Gasteiger partial charge in [-0.2, -0.15) is 0 Å². The Labute approximate surface area is 86.4 Å². The molecule has 0 bridgehead atoms. The predicted molar refractivity (Wildman–Crippen MR) is 63.7 cm³/mol. The summed E-state index contributed by atoms with van der Waals surface area (Å²) in [6.07, 6.45) is 0. The number of likely N-dealkylation sites (N-methyl/N-ethyl adjacent to an activating group) is 1. The van der Waals surface area contributed by atoms with Crippen LogP contribution in [0.15, 0.2) is 54.6 Å². The Morgan fingerprint density at radius 1 is 1.21 bits per heavy atom. The van der Waals surface area contributed by atoms with E-state index in [-0.39, 0.29) is 0 Å². The monoisotopic (exact) mass is 187 g/mol. The van der Waals surface area contributed by atoms with Crippen LogP contribution in [0.2, 0.25) is 0 Å². The van der Waals surface area contributed by atoms with Crippen LogP contribution in [-0.2, 0) is 0 Å². The summed E-state index contributed by atoms with van der Waals surface area (Å²) < 4.78 is 0. The van der Waals surface area contributed by atoms with Crippen LogP contribution in [-0.4, -0.2) is 13.6 Å². The average molecular weight is 187 g/mol. The van der Waals surface area contributed by atoms with Gasteiger partial charge in [0, 0.05) is 19.3 Å². The van der Waals surface area contributed by atoms with E-state index in [0.29, 0.717) is 0 Å². The molecule has 14 heavy (non-hydrogen) atoms. The number of para-hydroxylation sites is 1. The lowest BCUT2D eigenvalue weighted by atomic mass is 10.1. The number of benzene rings is 1. The van der Waals surface area contributed by atoms with Gasteiger partial charge < -0.3 is 4.90 Å². The van der Waals surface area contributed by atoms with Gasteiger partial charge >= 0.3 is 0 Å². The number of hydrogen-bond donors (Lipinski definition) is 0. The van der Waals surface area contributed by atoms with Crippen molar-refractivity contribution >= 4 is 5.69 Å². The van der Waals surface area contributed by atoms with Crippen molar-refractivity contribution in [2.45, 2.75) is 6.92 Å². The normalized spacial score (nSPS) is 9.57. The van der Waals surface area contributed by atoms with Crippen molar-refractivity contribution in [1.82, 2.24) is 0 Å². The van der Waals surface area contributed by atoms with E-state index in [0.717, 1.165) is 17.7 Å². The maximum absolute atomic E-state index is 3.98. The summed E-state index contributed by atoms with van der Waals surface area (Å²) in [6.45, 7) is 10.7. The molecule has 0 radical (unpaired) electrons. The molecule has 0 aliphatic rings. The third-order valence-corrected chi connectivity index (χ3v) is 2.23. The van der Waals surface area contributed by atoms with E-state index < -0.39 is 0 Å². The van der Waals surface area contributed by atoms with E-state index in [1.165, 1.54) is 5.69 Å². The van der Waals surface area contributed by atoms with Gasteiger partial charge in [0.2, 0.25) is 0 Å². The maximum atomic E-state index is 3.98. The van der Waals surface area contributed by atoms with Crippen molar-refractivity contribution in [3.63, 3.8) is 0 Å². The largest absolute Gasteiger partial charge is 0.370 e. The van der Waals surface area contributed by atoms with Crippen molar-refractivity contribution in [3.8, 4) is 0 Å². The fourth-order valence-corrected chi connectivity index (χ4v) is 1.20. The number of anilines is 1. The molecule has 1 heteroatoms. The molecule has 1 aromatic carbocycles. The lowest BCUT2D eigenvalue weighted by Gasteiger charge is -2.20. The fraction of sp³-hybridized carbons (Fsp3) is 0.231. The van der Waals surface area contributed by atoms with Crippen LogP contribution < -0.4 is 4.90 Å². The molecule has 0 fully saturated rings. The highest BCUT2D eigenvalue weighted by Crippen LogP contribution is 2.14. The molecule has 0 saturated heterocycles. The van der Waals surface area contributed by atoms with Gasteiger partial charge in [-0.25, -0.2) is 0 Å². The minimum Gasteiger partial charge on any atom is -0.370 e. The zero-order valence-electron chi connectivity index (χ0n) is 8.96. The Hall–Kier alpha value is -1.50. The SMILES string of the molecule is C=C(C)C(=C)CN(C)c1ccccc1. The van der Waals surface area contributed by atoms with Gasteiger partial charge in [0.05, 0.1) is 0 Å². The van der Waals surface area contributed by atoms with Crippen LogP contribution in [0.25, 0.3) is 0 Å². The van der Waals surface area contributed by atoms with Crippen molar-refractivity contribution in [2.24, 2.45) is 0 Å². The summed E-state index contributed by atoms with van der Waals surface area (Å²) in [4.78, 5) is 2.16. The van der Waals surface area contributed by atoms with E-state index in [1.54, 1.807) is 0 Å². The van der Waals surface area contributed by atoms with Crippen LogP contribution in [0, 0.1) is 0 Å². The Morgan fingerprint density at radius 3 is 2.29 bits per heavy atom. The smallest absolute Gasteiger partial charge is 0.0422 e. The van der Waals surface area contributed by atoms with Gasteiger partial charge in [-0.05, 0) is 24.6 Å². The lowest BCUT2D eigenvalue weighted by molar-refractivity contribution is 0.991. The minimum absolute atomic E-state index is 0.833. The first-order chi connectivity index (χ1) is 6.61. The van der Waals surface area contributed by atoms with Gasteiger partial charge in [0.25, 0.3) is 0 Å². The quantitative estimate of drug-likeness (QED) is 0.654. The first-order valence-electron chi connectivity index (χ1n) is 4.71. The van der Waals surface area contributed by atoms with E-state index >= 15 is 0 Å². The molecule has 0 unspecified atom stereocenters. The first kappa shape index (κ1) is 10.6. The average Bonchev–Trinajstić information content (AvgIpc) is 2.19. The molecule has 74 valence electrons. The summed E-state index contributed by atoms with van der Waals surface area (Å²) in [6, 6.07) is 10.3. The highest BCUT2D eigenvalue weighted by Gasteiger charge is 2.01. The molecular weight excluding hydrogens is 170 g/mol. The molecule has 1 aromatic rings. The summed E-state index contributed by atoms with van der Waals surface area (Å²) in [7, 11) is 2.06. The summed E-state index contributed by atoms with van der Waals surface area (Å²) >= 11 is 0. The molecular formula is C13H17N. The summed E-state index contributed by atoms with van der Waals surface area (Å²) in [5.74, 6) is 0. The van der Waals surface area contributed by atoms with Gasteiger partial charge in [0.1, 0.15) is 0 Å². The van der Waals surface area contributed by atoms with Gasteiger partial charge in [0.15, 0.2) is 0 Å². The minimum atomic E-state index is 0.833. The molecule has 1 nitrogen and oxygen atoms in total. The maximum Gasteiger partial charge on any atom is 0.0422 e. The molecule has 0 N–H and O–H groups in total. The second kappa shape index (κ2) is 4.66. The van der Waals surface area contributed by atoms with E-state index in [9.17, 15) is 0 Å². The first-order valence-corrected chi connectivity index (χ1v) is 4.71. The molecule has 0 saturated carbocycles. The van der Waals surface area contributed by atoms with Crippen LogP contribution in [0.4, 0.5) is 5.69 Å². The zero-order chi connectivity index (χ0) is 10.6. The second-order valence-corrected chi connectivity index (χ2v) is 3.58. The van der Waals surface area contributed by atoms with Crippen LogP contribution >= 0.6 is 0 Å². The van der Waals surface area contributed by atoms with Gasteiger partial charge in [-0.1, -0.05) is 36.9 Å². The van der Waals surface area contributed by atoms with E-state index in [4.69, 9.17) is 0 Å². The molecule has 0 aliphatic carbocycles. The highest BCUT2D eigenvalue weighted by molar-refractivity contribution is 5.47. The number of nitrogens with zero attached hydrogens (tertiary/aromatic N) is 1. The summed E-state index contributed by atoms with van der Waals surface area (Å²) in [5, 5.41) is 0. The molecule has 1 rings (SSSR count). The third-order valence-electron chi connectivity index (χ3n) is 2.23. The lowest BCUT2D eigenvalue weighted by Crippen LogP contribution is -2.19. The molecule has 0 atom stereocenters. The Kier molecular flexibility index (Phi) is 3.52. The highest BCUT2D eigenvalue weighted by atomic mass is 15.1. The molecule has 0 spiro atoms. The predicted octanol–water partition coefficient (Wildman–Crippen LogP) is 3.26. The Balaban J connectivity index is 2.64. The van der Waals surface area contributed by atoms with Crippen molar-refractivity contribution in [2.75, 3.05) is 18.5 Å². The van der Waals surface area contributed by atoms with Crippen LogP contribution in [0.1, 0.15) is 6.92 Å². The molecule has 0 amide bonds. The van der Waals surface area contributed by atoms with Gasteiger partial charge in [-0.15, -0.1) is 0 Å². The number of hydrogen-bond acceptors (Lipinski definition) is 1.